The van der Waals surface area contributed by atoms with Crippen molar-refractivity contribution in [3.63, 3.8) is 0 Å². The van der Waals surface area contributed by atoms with Crippen molar-refractivity contribution >= 4 is 45.9 Å². The van der Waals surface area contributed by atoms with Crippen LogP contribution in [0.2, 0.25) is 5.02 Å². The van der Waals surface area contributed by atoms with Gasteiger partial charge in [-0.2, -0.15) is 5.26 Å². The van der Waals surface area contributed by atoms with Gasteiger partial charge in [0.05, 0.1) is 22.0 Å². The number of anilines is 1. The smallest absolute Gasteiger partial charge is 0.252 e. The normalized spacial score (nSPS) is 18.0. The number of carbonyl (C=O) groups excluding carboxylic acids is 3. The maximum Gasteiger partial charge on any atom is 0.252 e. The highest BCUT2D eigenvalue weighted by molar-refractivity contribution is 6.35. The molecule has 202 valence electrons. The molecule has 2 heterocycles. The molecule has 0 saturated heterocycles. The lowest BCUT2D eigenvalue weighted by molar-refractivity contribution is -0.134. The average molecular weight is 546 g/mol. The van der Waals surface area contributed by atoms with Gasteiger partial charge in [-0.3, -0.25) is 19.4 Å². The van der Waals surface area contributed by atoms with Gasteiger partial charge < -0.3 is 15.5 Å². The van der Waals surface area contributed by atoms with E-state index in [1.54, 1.807) is 32.3 Å². The van der Waals surface area contributed by atoms with Gasteiger partial charge in [-0.25, -0.2) is 0 Å². The van der Waals surface area contributed by atoms with Gasteiger partial charge in [0.1, 0.15) is 12.1 Å². The van der Waals surface area contributed by atoms with E-state index in [-0.39, 0.29) is 17.7 Å². The number of halogens is 1. The average Bonchev–Trinajstić information content (AvgIpc) is 3.14. The van der Waals surface area contributed by atoms with Crippen molar-refractivity contribution in [2.24, 2.45) is 5.41 Å². The van der Waals surface area contributed by atoms with Crippen molar-refractivity contribution in [2.45, 2.75) is 58.0 Å². The minimum atomic E-state index is -0.982. The second kappa shape index (κ2) is 10.7. The number of nitrogens with one attached hydrogen (secondary N) is 2. The SMILES string of the molecule is CN(C(=O)[C@H](CC(C)(C)C)NC(=O)c1cc(Cl)c2ncccc2c1)[C@H](C#N)C[C@@]1(C)C(=O)Nc2ccccc21. The van der Waals surface area contributed by atoms with Gasteiger partial charge in [0.2, 0.25) is 11.8 Å². The summed E-state index contributed by atoms with van der Waals surface area (Å²) < 4.78 is 0. The Kier molecular flexibility index (Phi) is 7.67. The third-order valence-electron chi connectivity index (χ3n) is 7.18. The van der Waals surface area contributed by atoms with Gasteiger partial charge in [0.25, 0.3) is 5.91 Å². The Balaban J connectivity index is 1.58. The van der Waals surface area contributed by atoms with E-state index in [9.17, 15) is 19.6 Å². The first-order valence-corrected chi connectivity index (χ1v) is 13.1. The standard InChI is InChI=1S/C30H32ClN5O3/c1-29(2,3)16-24(34-26(37)19-13-18-9-8-12-33-25(18)22(31)14-19)27(38)36(5)20(17-32)15-30(4)21-10-6-7-11-23(21)35-28(30)39/h6-14,20,24H,15-16H2,1-5H3,(H,34,37)(H,35,39)/t20-,24-,30+/m0/s1. The van der Waals surface area contributed by atoms with E-state index >= 15 is 0 Å². The molecular weight excluding hydrogens is 514 g/mol. The number of hydrogen-bond donors (Lipinski definition) is 2. The van der Waals surface area contributed by atoms with Crippen LogP contribution in [0.5, 0.6) is 0 Å². The third kappa shape index (κ3) is 5.74. The molecule has 0 unspecified atom stereocenters. The van der Waals surface area contributed by atoms with Crippen molar-refractivity contribution in [1.29, 1.82) is 5.26 Å². The van der Waals surface area contributed by atoms with E-state index in [1.807, 2.05) is 51.1 Å². The molecule has 3 aromatic rings. The lowest BCUT2D eigenvalue weighted by atomic mass is 9.78. The number of carbonyl (C=O) groups is 3. The van der Waals surface area contributed by atoms with Gasteiger partial charge >= 0.3 is 0 Å². The lowest BCUT2D eigenvalue weighted by Gasteiger charge is -2.34. The van der Waals surface area contributed by atoms with E-state index < -0.39 is 29.3 Å². The fraction of sp³-hybridized carbons (Fsp3) is 0.367. The van der Waals surface area contributed by atoms with Crippen LogP contribution >= 0.6 is 11.6 Å². The first-order chi connectivity index (χ1) is 18.3. The van der Waals surface area contributed by atoms with Crippen LogP contribution in [-0.4, -0.2) is 46.7 Å². The molecule has 3 atom stereocenters. The molecule has 9 heteroatoms. The van der Waals surface area contributed by atoms with Gasteiger partial charge in [-0.1, -0.05) is 56.6 Å². The van der Waals surface area contributed by atoms with Crippen LogP contribution < -0.4 is 10.6 Å². The quantitative estimate of drug-likeness (QED) is 0.430. The minimum Gasteiger partial charge on any atom is -0.340 e. The molecule has 2 N–H and O–H groups in total. The highest BCUT2D eigenvalue weighted by Gasteiger charge is 2.45. The van der Waals surface area contributed by atoms with Crippen LogP contribution in [0.4, 0.5) is 5.69 Å². The molecule has 0 bridgehead atoms. The van der Waals surface area contributed by atoms with Crippen molar-refractivity contribution in [3.8, 4) is 6.07 Å². The van der Waals surface area contributed by atoms with E-state index in [0.29, 0.717) is 33.6 Å². The monoisotopic (exact) mass is 545 g/mol. The van der Waals surface area contributed by atoms with Gasteiger partial charge in [0.15, 0.2) is 0 Å². The van der Waals surface area contributed by atoms with Crippen LogP contribution in [0.15, 0.2) is 54.7 Å². The number of likely N-dealkylation sites (N-methyl/N-ethyl adjacent to an activating group) is 1. The summed E-state index contributed by atoms with van der Waals surface area (Å²) in [5.74, 6) is -1.08. The molecule has 2 aromatic carbocycles. The fourth-order valence-electron chi connectivity index (χ4n) is 5.05. The summed E-state index contributed by atoms with van der Waals surface area (Å²) in [5, 5.41) is 16.9. The number of nitrogens with zero attached hydrogens (tertiary/aromatic N) is 3. The van der Waals surface area contributed by atoms with Gasteiger partial charge in [0, 0.05) is 29.9 Å². The van der Waals surface area contributed by atoms with Crippen molar-refractivity contribution in [1.82, 2.24) is 15.2 Å². The molecule has 0 radical (unpaired) electrons. The second-order valence-electron chi connectivity index (χ2n) is 11.5. The predicted molar refractivity (Wildman–Crippen MR) is 151 cm³/mol. The second-order valence-corrected chi connectivity index (χ2v) is 11.9. The molecule has 1 aromatic heterocycles. The Morgan fingerprint density at radius 3 is 2.62 bits per heavy atom. The van der Waals surface area contributed by atoms with E-state index in [2.05, 4.69) is 21.7 Å². The maximum atomic E-state index is 13.8. The largest absolute Gasteiger partial charge is 0.340 e. The summed E-state index contributed by atoms with van der Waals surface area (Å²) in [6.45, 7) is 7.70. The zero-order chi connectivity index (χ0) is 28.5. The molecule has 0 spiro atoms. The molecule has 8 nitrogen and oxygen atoms in total. The number of aromatic nitrogens is 1. The minimum absolute atomic E-state index is 0.109. The number of amides is 3. The summed E-state index contributed by atoms with van der Waals surface area (Å²) in [7, 11) is 1.54. The Morgan fingerprint density at radius 1 is 1.21 bits per heavy atom. The zero-order valence-corrected chi connectivity index (χ0v) is 23.5. The molecule has 39 heavy (non-hydrogen) atoms. The first-order valence-electron chi connectivity index (χ1n) is 12.8. The molecule has 0 fully saturated rings. The lowest BCUT2D eigenvalue weighted by Crippen LogP contribution is -2.52. The summed E-state index contributed by atoms with van der Waals surface area (Å²) in [6.07, 6.45) is 2.07. The highest BCUT2D eigenvalue weighted by atomic mass is 35.5. The number of hydrogen-bond acceptors (Lipinski definition) is 5. The Bertz CT molecular complexity index is 1490. The Labute approximate surface area is 233 Å². The van der Waals surface area contributed by atoms with Crippen LogP contribution in [0.25, 0.3) is 10.9 Å². The van der Waals surface area contributed by atoms with Crippen LogP contribution in [-0.2, 0) is 15.0 Å². The van der Waals surface area contributed by atoms with Crippen LogP contribution in [0.3, 0.4) is 0 Å². The zero-order valence-electron chi connectivity index (χ0n) is 22.7. The molecule has 0 aliphatic carbocycles. The molecule has 1 aliphatic heterocycles. The number of para-hydroxylation sites is 1. The molecular formula is C30H32ClN5O3. The van der Waals surface area contributed by atoms with Gasteiger partial charge in [-0.15, -0.1) is 0 Å². The van der Waals surface area contributed by atoms with E-state index in [0.717, 1.165) is 5.56 Å². The number of fused-ring (bicyclic) bond motifs is 2. The van der Waals surface area contributed by atoms with E-state index in [1.165, 1.54) is 11.0 Å². The number of pyridine rings is 1. The summed E-state index contributed by atoms with van der Waals surface area (Å²) in [6, 6.07) is 14.5. The Morgan fingerprint density at radius 2 is 1.92 bits per heavy atom. The third-order valence-corrected chi connectivity index (χ3v) is 7.47. The van der Waals surface area contributed by atoms with Crippen molar-refractivity contribution < 1.29 is 14.4 Å². The van der Waals surface area contributed by atoms with Crippen molar-refractivity contribution in [2.75, 3.05) is 12.4 Å². The summed E-state index contributed by atoms with van der Waals surface area (Å²) in [4.78, 5) is 45.7. The molecule has 0 saturated carbocycles. The molecule has 3 amide bonds. The molecule has 4 rings (SSSR count). The number of rotatable bonds is 7. The highest BCUT2D eigenvalue weighted by Crippen LogP contribution is 2.41. The van der Waals surface area contributed by atoms with Crippen molar-refractivity contribution in [3.05, 3.63) is 70.9 Å². The maximum absolute atomic E-state index is 13.8. The first kappa shape index (κ1) is 28.1. The number of nitriles is 1. The Hall–Kier alpha value is -3.96. The van der Waals surface area contributed by atoms with Gasteiger partial charge in [-0.05, 0) is 55.0 Å². The van der Waals surface area contributed by atoms with E-state index in [4.69, 9.17) is 11.6 Å². The summed E-state index contributed by atoms with van der Waals surface area (Å²) in [5.41, 5.74) is 1.09. The van der Waals surface area contributed by atoms with Crippen LogP contribution in [0.1, 0.15) is 56.5 Å². The topological polar surface area (TPSA) is 115 Å². The number of benzene rings is 2. The summed E-state index contributed by atoms with van der Waals surface area (Å²) >= 11 is 6.38. The predicted octanol–water partition coefficient (Wildman–Crippen LogP) is 5.07. The fourth-order valence-corrected chi connectivity index (χ4v) is 5.32. The molecule has 1 aliphatic rings. The van der Waals surface area contributed by atoms with Crippen LogP contribution in [0, 0.1) is 16.7 Å².